The Morgan fingerprint density at radius 1 is 1.22 bits per heavy atom. The quantitative estimate of drug-likeness (QED) is 0.227. The Labute approximate surface area is 221 Å². The number of nitro groups is 1. The fourth-order valence-electron chi connectivity index (χ4n) is 3.53. The number of carbonyl (C=O) groups is 2. The van der Waals surface area contributed by atoms with Crippen molar-refractivity contribution in [1.82, 2.24) is 10.2 Å². The highest BCUT2D eigenvalue weighted by Gasteiger charge is 2.32. The zero-order valence-corrected chi connectivity index (χ0v) is 22.7. The van der Waals surface area contributed by atoms with Crippen molar-refractivity contribution in [2.75, 3.05) is 30.8 Å². The standard InChI is InChI=1S/C24H31ClN4O7S/c1-5-6-12-26-24(31)17(2)27(15-18-8-7-9-19(25)13-18)23(30)16-28(37(4,34)35)21-14-20(29(32)33)10-11-22(21)36-3/h7-11,13-14,17H,5-6,12,15-16H2,1-4H3,(H,26,31). The number of sulfonamides is 1. The second-order valence-corrected chi connectivity index (χ2v) is 10.7. The predicted octanol–water partition coefficient (Wildman–Crippen LogP) is 3.36. The molecular formula is C24H31ClN4O7S. The number of unbranched alkanes of at least 4 members (excludes halogenated alkanes) is 1. The lowest BCUT2D eigenvalue weighted by atomic mass is 10.1. The maximum atomic E-state index is 13.6. The van der Waals surface area contributed by atoms with Crippen molar-refractivity contribution >= 4 is 44.8 Å². The van der Waals surface area contributed by atoms with Crippen LogP contribution in [-0.2, 0) is 26.2 Å². The van der Waals surface area contributed by atoms with Crippen LogP contribution in [-0.4, -0.2) is 62.6 Å². The largest absolute Gasteiger partial charge is 0.495 e. The maximum Gasteiger partial charge on any atom is 0.271 e. The lowest BCUT2D eigenvalue weighted by Crippen LogP contribution is -2.51. The van der Waals surface area contributed by atoms with Gasteiger partial charge in [-0.15, -0.1) is 0 Å². The molecule has 1 N–H and O–H groups in total. The lowest BCUT2D eigenvalue weighted by Gasteiger charge is -2.31. The van der Waals surface area contributed by atoms with Crippen LogP contribution in [0.25, 0.3) is 0 Å². The van der Waals surface area contributed by atoms with Crippen LogP contribution in [0.5, 0.6) is 5.75 Å². The normalized spacial score (nSPS) is 11.9. The number of non-ortho nitro benzene ring substituents is 1. The van der Waals surface area contributed by atoms with Crippen LogP contribution >= 0.6 is 11.6 Å². The summed E-state index contributed by atoms with van der Waals surface area (Å²) in [5, 5.41) is 14.5. The van der Waals surface area contributed by atoms with Crippen LogP contribution in [0.1, 0.15) is 32.3 Å². The van der Waals surface area contributed by atoms with Crippen molar-refractivity contribution in [1.29, 1.82) is 0 Å². The van der Waals surface area contributed by atoms with E-state index in [1.807, 2.05) is 6.92 Å². The molecule has 13 heteroatoms. The molecule has 2 aromatic rings. The molecule has 2 aromatic carbocycles. The molecular weight excluding hydrogens is 524 g/mol. The Balaban J connectivity index is 2.48. The number of rotatable bonds is 13. The minimum absolute atomic E-state index is 0.0224. The number of hydrogen-bond donors (Lipinski definition) is 1. The lowest BCUT2D eigenvalue weighted by molar-refractivity contribution is -0.384. The molecule has 11 nitrogen and oxygen atoms in total. The van der Waals surface area contributed by atoms with Crippen LogP contribution in [0.2, 0.25) is 5.02 Å². The highest BCUT2D eigenvalue weighted by molar-refractivity contribution is 7.92. The number of amides is 2. The number of methoxy groups -OCH3 is 1. The number of anilines is 1. The first-order valence-corrected chi connectivity index (χ1v) is 13.7. The number of ether oxygens (including phenoxy) is 1. The first kappa shape index (κ1) is 29.8. The average molecular weight is 555 g/mol. The van der Waals surface area contributed by atoms with Crippen molar-refractivity contribution in [2.24, 2.45) is 0 Å². The van der Waals surface area contributed by atoms with Gasteiger partial charge in [0.15, 0.2) is 0 Å². The van der Waals surface area contributed by atoms with E-state index >= 15 is 0 Å². The molecule has 0 heterocycles. The van der Waals surface area contributed by atoms with Crippen molar-refractivity contribution in [3.63, 3.8) is 0 Å². The van der Waals surface area contributed by atoms with E-state index in [2.05, 4.69) is 5.32 Å². The minimum atomic E-state index is -4.10. The van der Waals surface area contributed by atoms with Gasteiger partial charge in [0.2, 0.25) is 21.8 Å². The molecule has 0 aliphatic heterocycles. The van der Waals surface area contributed by atoms with Crippen LogP contribution in [0.4, 0.5) is 11.4 Å². The highest BCUT2D eigenvalue weighted by Crippen LogP contribution is 2.34. The number of hydrogen-bond acceptors (Lipinski definition) is 7. The molecule has 0 saturated heterocycles. The summed E-state index contributed by atoms with van der Waals surface area (Å²) in [6.45, 7) is 3.21. The predicted molar refractivity (Wildman–Crippen MR) is 141 cm³/mol. The second kappa shape index (κ2) is 13.2. The SMILES string of the molecule is CCCCNC(=O)C(C)N(Cc1cccc(Cl)c1)C(=O)CN(c1cc([N+](=O)[O-])ccc1OC)S(C)(=O)=O. The molecule has 0 bridgehead atoms. The van der Waals surface area contributed by atoms with E-state index in [0.29, 0.717) is 17.1 Å². The van der Waals surface area contributed by atoms with Crippen LogP contribution < -0.4 is 14.4 Å². The maximum absolute atomic E-state index is 13.6. The molecule has 202 valence electrons. The van der Waals surface area contributed by atoms with Gasteiger partial charge in [-0.25, -0.2) is 8.42 Å². The molecule has 0 aliphatic rings. The van der Waals surface area contributed by atoms with E-state index in [1.54, 1.807) is 31.2 Å². The van der Waals surface area contributed by atoms with E-state index < -0.39 is 39.3 Å². The minimum Gasteiger partial charge on any atom is -0.495 e. The van der Waals surface area contributed by atoms with Gasteiger partial charge in [0.25, 0.3) is 5.69 Å². The number of nitro benzene ring substituents is 1. The molecule has 0 fully saturated rings. The molecule has 2 amide bonds. The molecule has 2 rings (SSSR count). The Morgan fingerprint density at radius 3 is 2.49 bits per heavy atom. The summed E-state index contributed by atoms with van der Waals surface area (Å²) in [6, 6.07) is 9.23. The fraction of sp³-hybridized carbons (Fsp3) is 0.417. The van der Waals surface area contributed by atoms with E-state index in [0.717, 1.165) is 29.5 Å². The molecule has 0 radical (unpaired) electrons. The summed E-state index contributed by atoms with van der Waals surface area (Å²) in [5.74, 6) is -1.07. The van der Waals surface area contributed by atoms with E-state index in [1.165, 1.54) is 24.1 Å². The first-order chi connectivity index (χ1) is 17.4. The molecule has 1 atom stereocenters. The number of nitrogens with one attached hydrogen (secondary N) is 1. The van der Waals surface area contributed by atoms with Gasteiger partial charge in [0.1, 0.15) is 24.0 Å². The van der Waals surface area contributed by atoms with Gasteiger partial charge in [-0.1, -0.05) is 37.1 Å². The van der Waals surface area contributed by atoms with Gasteiger partial charge in [-0.05, 0) is 37.1 Å². The Morgan fingerprint density at radius 2 is 1.92 bits per heavy atom. The summed E-state index contributed by atoms with van der Waals surface area (Å²) < 4.78 is 31.5. The second-order valence-electron chi connectivity index (χ2n) is 8.36. The summed E-state index contributed by atoms with van der Waals surface area (Å²) in [5.41, 5.74) is 0.0829. The van der Waals surface area contributed by atoms with Gasteiger partial charge >= 0.3 is 0 Å². The molecule has 37 heavy (non-hydrogen) atoms. The average Bonchev–Trinajstić information content (AvgIpc) is 2.84. The molecule has 0 aliphatic carbocycles. The van der Waals surface area contributed by atoms with Crippen LogP contribution in [0.15, 0.2) is 42.5 Å². The topological polar surface area (TPSA) is 139 Å². The Hall–Kier alpha value is -3.38. The molecule has 1 unspecified atom stereocenters. The number of halogens is 1. The number of nitrogens with zero attached hydrogens (tertiary/aromatic N) is 3. The van der Waals surface area contributed by atoms with Gasteiger partial charge in [-0.3, -0.25) is 24.0 Å². The molecule has 0 spiro atoms. The van der Waals surface area contributed by atoms with E-state index in [9.17, 15) is 28.1 Å². The summed E-state index contributed by atoms with van der Waals surface area (Å²) >= 11 is 6.09. The van der Waals surface area contributed by atoms with Crippen molar-refractivity contribution in [2.45, 2.75) is 39.3 Å². The van der Waals surface area contributed by atoms with Gasteiger partial charge in [0.05, 0.1) is 18.3 Å². The van der Waals surface area contributed by atoms with Gasteiger partial charge in [-0.2, -0.15) is 0 Å². The fourth-order valence-corrected chi connectivity index (χ4v) is 4.59. The highest BCUT2D eigenvalue weighted by atomic mass is 35.5. The zero-order chi connectivity index (χ0) is 27.8. The van der Waals surface area contributed by atoms with Gasteiger partial charge in [0, 0.05) is 30.2 Å². The molecule has 0 saturated carbocycles. The number of carbonyl (C=O) groups excluding carboxylic acids is 2. The third kappa shape index (κ3) is 8.32. The Bertz CT molecular complexity index is 1240. The molecule has 0 aromatic heterocycles. The smallest absolute Gasteiger partial charge is 0.271 e. The van der Waals surface area contributed by atoms with Crippen LogP contribution in [0.3, 0.4) is 0 Å². The third-order valence-electron chi connectivity index (χ3n) is 5.56. The number of benzene rings is 2. The monoisotopic (exact) mass is 554 g/mol. The summed E-state index contributed by atoms with van der Waals surface area (Å²) in [6.07, 6.45) is 2.50. The first-order valence-electron chi connectivity index (χ1n) is 11.5. The van der Waals surface area contributed by atoms with Crippen molar-refractivity contribution < 1.29 is 27.7 Å². The zero-order valence-electron chi connectivity index (χ0n) is 21.1. The van der Waals surface area contributed by atoms with E-state index in [-0.39, 0.29) is 23.7 Å². The summed E-state index contributed by atoms with van der Waals surface area (Å²) in [4.78, 5) is 38.3. The summed E-state index contributed by atoms with van der Waals surface area (Å²) in [7, 11) is -2.82. The van der Waals surface area contributed by atoms with Crippen molar-refractivity contribution in [3.8, 4) is 5.75 Å². The van der Waals surface area contributed by atoms with E-state index in [4.69, 9.17) is 16.3 Å². The van der Waals surface area contributed by atoms with Gasteiger partial charge < -0.3 is 15.0 Å². The van der Waals surface area contributed by atoms with Crippen LogP contribution in [0, 0.1) is 10.1 Å². The third-order valence-corrected chi connectivity index (χ3v) is 6.92. The Kier molecular flexibility index (Phi) is 10.7. The van der Waals surface area contributed by atoms with Crippen molar-refractivity contribution in [3.05, 3.63) is 63.2 Å².